The molecule has 6 rings (SSSR count). The Morgan fingerprint density at radius 2 is 0.913 bits per heavy atom. The van der Waals surface area contributed by atoms with Crippen molar-refractivity contribution >= 4 is 16.4 Å². The first-order valence-electron chi connectivity index (χ1n) is 17.7. The summed E-state index contributed by atoms with van der Waals surface area (Å²) in [6, 6.07) is 28.2. The van der Waals surface area contributed by atoms with Crippen LogP contribution in [-0.2, 0) is 15.1 Å². The van der Waals surface area contributed by atoms with Gasteiger partial charge in [-0.1, -0.05) is 0 Å². The van der Waals surface area contributed by atoms with Crippen LogP contribution in [-0.4, -0.2) is 4.26 Å². The van der Waals surface area contributed by atoms with Gasteiger partial charge in [0.2, 0.25) is 0 Å². The molecule has 2 aliphatic carbocycles. The fourth-order valence-corrected chi connectivity index (χ4v) is 64.3. The van der Waals surface area contributed by atoms with Crippen molar-refractivity contribution in [2.75, 3.05) is 0 Å². The molecule has 0 aliphatic heterocycles. The van der Waals surface area contributed by atoms with Crippen molar-refractivity contribution in [3.05, 3.63) is 129 Å². The van der Waals surface area contributed by atoms with Crippen LogP contribution in [0.2, 0.25) is 17.7 Å². The Kier molecular flexibility index (Phi) is 7.22. The first-order valence-corrected chi connectivity index (χ1v) is 36.7. The number of fused-ring (bicyclic) bond motifs is 2. The predicted octanol–water partition coefficient (Wildman–Crippen LogP) is 13.5. The summed E-state index contributed by atoms with van der Waals surface area (Å²) in [5.41, 5.74) is 16.4. The Labute approximate surface area is 273 Å². The van der Waals surface area contributed by atoms with E-state index < -0.39 is 15.1 Å². The van der Waals surface area contributed by atoms with Crippen molar-refractivity contribution in [3.63, 3.8) is 0 Å². The van der Waals surface area contributed by atoms with Crippen LogP contribution >= 0.6 is 0 Å². The van der Waals surface area contributed by atoms with Gasteiger partial charge < -0.3 is 0 Å². The molecule has 0 N–H and O–H groups in total. The molecule has 0 saturated heterocycles. The van der Waals surface area contributed by atoms with Crippen LogP contribution in [0.1, 0.15) is 79.6 Å². The van der Waals surface area contributed by atoms with E-state index in [-0.39, 0.29) is 0 Å². The molecule has 0 fully saturated rings. The second kappa shape index (κ2) is 10.1. The van der Waals surface area contributed by atoms with Gasteiger partial charge in [0, 0.05) is 0 Å². The van der Waals surface area contributed by atoms with Crippen LogP contribution in [0.25, 0.3) is 34.4 Å². The summed E-state index contributed by atoms with van der Waals surface area (Å²) in [7, 11) is 0. The topological polar surface area (TPSA) is 0 Å². The zero-order valence-corrected chi connectivity index (χ0v) is 33.8. The molecule has 2 aliphatic rings. The number of hydrogen-bond acceptors (Lipinski definition) is 0. The zero-order chi connectivity index (χ0) is 33.3. The first kappa shape index (κ1) is 33.0. The van der Waals surface area contributed by atoms with E-state index in [0.717, 1.165) is 0 Å². The van der Waals surface area contributed by atoms with Gasteiger partial charge in [-0.05, 0) is 0 Å². The Morgan fingerprint density at radius 3 is 1.24 bits per heavy atom. The van der Waals surface area contributed by atoms with Crippen LogP contribution in [0.3, 0.4) is 0 Å². The summed E-state index contributed by atoms with van der Waals surface area (Å²) < 4.78 is 14.5. The van der Waals surface area contributed by atoms with Gasteiger partial charge >= 0.3 is 275 Å². The van der Waals surface area contributed by atoms with Crippen LogP contribution in [0.4, 0.5) is 0 Å². The van der Waals surface area contributed by atoms with Gasteiger partial charge in [-0.15, -0.1) is 0 Å². The van der Waals surface area contributed by atoms with Crippen LogP contribution in [0.5, 0.6) is 0 Å². The van der Waals surface area contributed by atoms with Crippen LogP contribution in [0.15, 0.2) is 84.9 Å². The monoisotopic (exact) mass is 776 g/mol. The summed E-state index contributed by atoms with van der Waals surface area (Å²) in [5.74, 6) is 1.05. The summed E-state index contributed by atoms with van der Waals surface area (Å²) in [6.07, 6.45) is 10.2. The second-order valence-corrected chi connectivity index (χ2v) is 69.1. The SMILES string of the molecule is [CH2]=[Hf]([CH3])([CH3])([CH2]C(C)C)([CH2]C(C)C)([CH]1C=Cc2c(-c3cc(C)cc(C)c3)cccc21)[CH]1C=Cc2c(-c3cc(C)cc(C)c3)cccc21. The van der Waals surface area contributed by atoms with Gasteiger partial charge in [0.15, 0.2) is 0 Å². The molecule has 0 aromatic heterocycles. The molecule has 0 bridgehead atoms. The third kappa shape index (κ3) is 4.99. The zero-order valence-electron chi connectivity index (χ0n) is 30.2. The Hall–Kier alpha value is -2.90. The first-order chi connectivity index (χ1) is 21.4. The van der Waals surface area contributed by atoms with Crippen LogP contribution < -0.4 is 0 Å². The molecule has 240 valence electrons. The summed E-state index contributed by atoms with van der Waals surface area (Å²) >= 11 is -5.46. The van der Waals surface area contributed by atoms with Gasteiger partial charge in [-0.3, -0.25) is 0 Å². The van der Waals surface area contributed by atoms with E-state index >= 15 is 0 Å². The van der Waals surface area contributed by atoms with Crippen molar-refractivity contribution in [3.8, 4) is 22.3 Å². The molecule has 4 aromatic carbocycles. The van der Waals surface area contributed by atoms with Gasteiger partial charge in [-0.25, -0.2) is 0 Å². The maximum atomic E-state index is 5.96. The molecule has 2 unspecified atom stereocenters. The minimum atomic E-state index is -5.46. The number of hydrogen-bond donors (Lipinski definition) is 0. The van der Waals surface area contributed by atoms with E-state index in [1.165, 1.54) is 75.1 Å². The van der Waals surface area contributed by atoms with E-state index in [4.69, 9.17) is 4.26 Å². The molecule has 0 nitrogen and oxygen atoms in total. The van der Waals surface area contributed by atoms with E-state index in [1.54, 1.807) is 0 Å². The van der Waals surface area contributed by atoms with Crippen molar-refractivity contribution in [1.82, 2.24) is 0 Å². The molecule has 1 heteroatoms. The van der Waals surface area contributed by atoms with Crippen molar-refractivity contribution < 1.29 is 15.1 Å². The number of allylic oxidation sites excluding steroid dienone is 2. The number of aryl methyl sites for hydroxylation is 4. The number of benzene rings is 4. The minimum absolute atomic E-state index is 0.292. The van der Waals surface area contributed by atoms with Gasteiger partial charge in [0.05, 0.1) is 0 Å². The number of rotatable bonds is 8. The van der Waals surface area contributed by atoms with Crippen molar-refractivity contribution in [2.45, 2.75) is 80.5 Å². The van der Waals surface area contributed by atoms with Gasteiger partial charge in [-0.2, -0.15) is 0 Å². The molecular formula is C45H56Hf. The average Bonchev–Trinajstić information content (AvgIpc) is 3.57. The quantitative estimate of drug-likeness (QED) is 0.156. The molecule has 0 heterocycles. The van der Waals surface area contributed by atoms with Crippen molar-refractivity contribution in [1.29, 1.82) is 0 Å². The van der Waals surface area contributed by atoms with E-state index in [9.17, 15) is 0 Å². The molecule has 0 amide bonds. The third-order valence-corrected chi connectivity index (χ3v) is 56.4. The Balaban J connectivity index is 1.65. The molecule has 0 spiro atoms. The Bertz CT molecular complexity index is 1900. The summed E-state index contributed by atoms with van der Waals surface area (Å²) in [6.45, 7) is 18.7. The fourth-order valence-electron chi connectivity index (χ4n) is 12.3. The Morgan fingerprint density at radius 1 is 0.565 bits per heavy atom. The van der Waals surface area contributed by atoms with Gasteiger partial charge in [0.1, 0.15) is 0 Å². The maximum absolute atomic E-state index is 5.96. The van der Waals surface area contributed by atoms with E-state index in [0.29, 0.717) is 19.2 Å². The second-order valence-electron chi connectivity index (χ2n) is 19.2. The molecule has 0 saturated carbocycles. The predicted molar refractivity (Wildman–Crippen MR) is 204 cm³/mol. The standard InChI is InChI=1S/2C17H15.2C4H9.2CH3.CH2.Hf/c2*1-12-9-13(2)11-15(10-12)17-8-4-6-14-5-3-7-16(14)17;2*1-4(2)3;;;;/h2*3-11H,1-2H3;2*4H,1H2,2-3H3;2*1H3;1H2;. The molecule has 2 atom stereocenters. The van der Waals surface area contributed by atoms with E-state index in [2.05, 4.69) is 162 Å². The third-order valence-electron chi connectivity index (χ3n) is 12.5. The molecule has 0 radical (unpaired) electrons. The molecule has 46 heavy (non-hydrogen) atoms. The summed E-state index contributed by atoms with van der Waals surface area (Å²) in [5, 5.41) is 0. The summed E-state index contributed by atoms with van der Waals surface area (Å²) in [4.78, 5) is 0. The molecular weight excluding hydrogens is 719 g/mol. The normalized spacial score (nSPS) is 19.5. The van der Waals surface area contributed by atoms with Crippen molar-refractivity contribution in [2.24, 2.45) is 11.8 Å². The van der Waals surface area contributed by atoms with Crippen LogP contribution in [0, 0.1) is 39.5 Å². The fraction of sp³-hybridized carbons (Fsp3) is 0.356. The average molecular weight is 775 g/mol. The van der Waals surface area contributed by atoms with E-state index in [1.807, 2.05) is 0 Å². The molecule has 4 aromatic rings. The van der Waals surface area contributed by atoms with Gasteiger partial charge in [0.25, 0.3) is 0 Å².